The van der Waals surface area contributed by atoms with Gasteiger partial charge in [0.15, 0.2) is 0 Å². The summed E-state index contributed by atoms with van der Waals surface area (Å²) in [4.78, 5) is 4.93. The summed E-state index contributed by atoms with van der Waals surface area (Å²) in [7, 11) is 0. The van der Waals surface area contributed by atoms with Crippen molar-refractivity contribution in [2.75, 3.05) is 0 Å². The van der Waals surface area contributed by atoms with Crippen LogP contribution in [0.15, 0.2) is 236 Å². The van der Waals surface area contributed by atoms with Crippen molar-refractivity contribution in [2.24, 2.45) is 4.99 Å². The summed E-state index contributed by atoms with van der Waals surface area (Å²) in [6.45, 7) is 0. The molecule has 11 rings (SSSR count). The first-order valence-corrected chi connectivity index (χ1v) is 21.0. The third-order valence-corrected chi connectivity index (χ3v) is 12.3. The van der Waals surface area contributed by atoms with Gasteiger partial charge in [0.05, 0.1) is 16.8 Å². The highest BCUT2D eigenvalue weighted by molar-refractivity contribution is 6.11. The number of ether oxygens (including phenoxy) is 1. The summed E-state index contributed by atoms with van der Waals surface area (Å²) < 4.78 is 6.55. The lowest BCUT2D eigenvalue weighted by molar-refractivity contribution is 0.436. The van der Waals surface area contributed by atoms with Crippen LogP contribution in [-0.4, -0.2) is 11.9 Å². The minimum Gasteiger partial charge on any atom is -0.457 e. The first-order valence-electron chi connectivity index (χ1n) is 21.0. The monoisotopic (exact) mass is 792 g/mol. The van der Waals surface area contributed by atoms with E-state index in [0.717, 1.165) is 61.7 Å². The lowest BCUT2D eigenvalue weighted by Gasteiger charge is -2.39. The first-order chi connectivity index (χ1) is 30.6. The molecule has 1 aliphatic heterocycles. The Hall–Kier alpha value is -8.14. The van der Waals surface area contributed by atoms with Crippen molar-refractivity contribution in [2.45, 2.75) is 5.41 Å². The lowest BCUT2D eigenvalue weighted by Crippen LogP contribution is -2.32. The number of hydrogen-bond acceptors (Lipinski definition) is 3. The molecule has 0 radical (unpaired) electrons. The molecule has 1 heterocycles. The Balaban J connectivity index is 0.909. The van der Waals surface area contributed by atoms with E-state index in [9.17, 15) is 0 Å². The topological polar surface area (TPSA) is 45.4 Å². The molecule has 0 saturated carbocycles. The summed E-state index contributed by atoms with van der Waals surface area (Å²) in [5, 5.41) is 9.08. The molecule has 3 nitrogen and oxygen atoms in total. The van der Waals surface area contributed by atoms with E-state index in [-0.39, 0.29) is 0 Å². The predicted molar refractivity (Wildman–Crippen MR) is 255 cm³/mol. The zero-order valence-electron chi connectivity index (χ0n) is 33.9. The van der Waals surface area contributed by atoms with Crippen molar-refractivity contribution in [3.63, 3.8) is 0 Å². The van der Waals surface area contributed by atoms with E-state index in [4.69, 9.17) is 15.1 Å². The summed E-state index contributed by atoms with van der Waals surface area (Å²) in [5.74, 6) is 1.79. The number of benzene rings is 9. The maximum Gasteiger partial charge on any atom is 0.132 e. The molecule has 0 bridgehead atoms. The van der Waals surface area contributed by atoms with Crippen molar-refractivity contribution < 1.29 is 4.74 Å². The summed E-state index contributed by atoms with van der Waals surface area (Å²) in [6.07, 6.45) is 3.72. The maximum atomic E-state index is 9.08. The van der Waals surface area contributed by atoms with Crippen molar-refractivity contribution >= 4 is 17.6 Å². The number of para-hydroxylation sites is 2. The van der Waals surface area contributed by atoms with Crippen molar-refractivity contribution in [1.29, 1.82) is 5.41 Å². The summed E-state index contributed by atoms with van der Waals surface area (Å²) in [6, 6.07) is 78.7. The smallest absolute Gasteiger partial charge is 0.132 e. The Morgan fingerprint density at radius 2 is 0.855 bits per heavy atom. The molecule has 3 heteroatoms. The molecule has 9 aromatic rings. The van der Waals surface area contributed by atoms with Crippen molar-refractivity contribution in [1.82, 2.24) is 0 Å². The van der Waals surface area contributed by atoms with Crippen LogP contribution < -0.4 is 4.74 Å². The fourth-order valence-corrected chi connectivity index (χ4v) is 9.29. The molecular weight excluding hydrogens is 753 g/mol. The van der Waals surface area contributed by atoms with Gasteiger partial charge >= 0.3 is 0 Å². The highest BCUT2D eigenvalue weighted by Gasteiger charge is 2.51. The molecule has 292 valence electrons. The average molecular weight is 793 g/mol. The van der Waals surface area contributed by atoms with E-state index in [1.807, 2.05) is 73.0 Å². The number of nitrogens with one attached hydrogen (secondary N) is 1. The van der Waals surface area contributed by atoms with E-state index < -0.39 is 5.41 Å². The number of fused-ring (bicyclic) bond motifs is 9. The van der Waals surface area contributed by atoms with Crippen LogP contribution in [0.5, 0.6) is 11.5 Å². The molecule has 1 N–H and O–H groups in total. The number of nitrogens with zero attached hydrogens (tertiary/aromatic N) is 1. The van der Waals surface area contributed by atoms with Gasteiger partial charge in [0.2, 0.25) is 0 Å². The molecule has 0 unspecified atom stereocenters. The first kappa shape index (κ1) is 36.9. The van der Waals surface area contributed by atoms with Gasteiger partial charge < -0.3 is 10.1 Å². The SMILES string of the molecule is N=C(/C=C(\N=Cc1ccccc1)c1ccc(-c2ccc(-c3ccc4c(c3)C3(c5ccccc5Oc5ccccc53)c3ccccc3-4)cc2)cc1)c1ccc(-c2ccccc2)cc1. The van der Waals surface area contributed by atoms with Crippen LogP contribution in [0.4, 0.5) is 0 Å². The maximum absolute atomic E-state index is 9.08. The molecule has 0 saturated heterocycles. The van der Waals surface area contributed by atoms with Crippen LogP contribution in [-0.2, 0) is 5.41 Å². The average Bonchev–Trinajstić information content (AvgIpc) is 3.63. The summed E-state index contributed by atoms with van der Waals surface area (Å²) in [5.41, 5.74) is 17.6. The number of rotatable bonds is 8. The molecule has 0 atom stereocenters. The minimum atomic E-state index is -0.501. The van der Waals surface area contributed by atoms with Crippen LogP contribution in [0, 0.1) is 5.41 Å². The van der Waals surface area contributed by atoms with E-state index in [2.05, 4.69) is 164 Å². The Morgan fingerprint density at radius 1 is 0.403 bits per heavy atom. The second kappa shape index (κ2) is 15.5. The van der Waals surface area contributed by atoms with Crippen molar-refractivity contribution in [3.8, 4) is 56.0 Å². The Morgan fingerprint density at radius 3 is 1.48 bits per heavy atom. The standard InChI is InChI=1S/C59H40N2O/c60-55(46-31-27-42(28-32-46)41-15-5-2-6-16-41)38-56(61-39-40-13-3-1-4-14-40)47-33-29-44(30-34-47)43-23-25-45(26-24-43)48-35-36-50-49-17-7-8-18-51(49)59(54(50)37-48)52-19-9-11-21-57(52)62-58-22-12-10-20-53(58)59/h1-39,60H/b56-38-,60-55?,61-39?. The molecular formula is C59H40N2O. The second-order valence-electron chi connectivity index (χ2n) is 15.9. The molecule has 9 aromatic carbocycles. The minimum absolute atomic E-state index is 0.399. The Bertz CT molecular complexity index is 3140. The van der Waals surface area contributed by atoms with Gasteiger partial charge in [-0.2, -0.15) is 0 Å². The lowest BCUT2D eigenvalue weighted by atomic mass is 9.66. The predicted octanol–water partition coefficient (Wildman–Crippen LogP) is 14.7. The van der Waals surface area contributed by atoms with Gasteiger partial charge in [-0.1, -0.05) is 206 Å². The number of aliphatic imine (C=N–C) groups is 1. The number of hydrogen-bond donors (Lipinski definition) is 1. The third-order valence-electron chi connectivity index (χ3n) is 12.3. The van der Waals surface area contributed by atoms with Gasteiger partial charge in [-0.05, 0) is 91.0 Å². The van der Waals surface area contributed by atoms with E-state index >= 15 is 0 Å². The van der Waals surface area contributed by atoms with E-state index in [1.165, 1.54) is 38.9 Å². The zero-order valence-corrected chi connectivity index (χ0v) is 33.9. The Labute approximate surface area is 362 Å². The second-order valence-corrected chi connectivity index (χ2v) is 15.9. The highest BCUT2D eigenvalue weighted by atomic mass is 16.5. The van der Waals surface area contributed by atoms with Gasteiger partial charge in [-0.15, -0.1) is 0 Å². The quantitative estimate of drug-likeness (QED) is 0.153. The molecule has 1 spiro atoms. The fraction of sp³-hybridized carbons (Fsp3) is 0.0169. The molecule has 0 aromatic heterocycles. The molecule has 1 aliphatic carbocycles. The van der Waals surface area contributed by atoms with Gasteiger partial charge in [0.25, 0.3) is 0 Å². The van der Waals surface area contributed by atoms with Gasteiger partial charge in [-0.3, -0.25) is 4.99 Å². The number of allylic oxidation sites excluding steroid dienone is 1. The molecule has 0 amide bonds. The normalized spacial score (nSPS) is 13.2. The van der Waals surface area contributed by atoms with Crippen LogP contribution in [0.3, 0.4) is 0 Å². The van der Waals surface area contributed by atoms with E-state index in [1.54, 1.807) is 0 Å². The zero-order chi connectivity index (χ0) is 41.5. The fourth-order valence-electron chi connectivity index (χ4n) is 9.29. The molecule has 2 aliphatic rings. The Kier molecular flexibility index (Phi) is 9.21. The van der Waals surface area contributed by atoms with Crippen LogP contribution >= 0.6 is 0 Å². The van der Waals surface area contributed by atoms with Gasteiger partial charge in [-0.25, -0.2) is 0 Å². The van der Waals surface area contributed by atoms with Crippen LogP contribution in [0.1, 0.15) is 38.9 Å². The van der Waals surface area contributed by atoms with Crippen LogP contribution in [0.2, 0.25) is 0 Å². The molecule has 0 fully saturated rings. The highest BCUT2D eigenvalue weighted by Crippen LogP contribution is 2.62. The van der Waals surface area contributed by atoms with Crippen molar-refractivity contribution in [3.05, 3.63) is 269 Å². The van der Waals surface area contributed by atoms with Gasteiger partial charge in [0.1, 0.15) is 11.5 Å². The summed E-state index contributed by atoms with van der Waals surface area (Å²) >= 11 is 0. The van der Waals surface area contributed by atoms with Crippen LogP contribution in [0.25, 0.3) is 50.2 Å². The molecule has 62 heavy (non-hydrogen) atoms. The third kappa shape index (κ3) is 6.39. The van der Waals surface area contributed by atoms with Gasteiger partial charge in [0, 0.05) is 22.9 Å². The van der Waals surface area contributed by atoms with E-state index in [0.29, 0.717) is 5.71 Å². The largest absolute Gasteiger partial charge is 0.457 e.